The summed E-state index contributed by atoms with van der Waals surface area (Å²) in [6.45, 7) is 0. The minimum absolute atomic E-state index is 0.105. The molecule has 1 atom stereocenters. The molecule has 118 valence electrons. The normalized spacial score (nSPS) is 14.7. The van der Waals surface area contributed by atoms with Gasteiger partial charge in [0.15, 0.2) is 0 Å². The standard InChI is InChI=1S/C15H10F6O/c16-13(17)14(18,15(19,20)21)11-8-4-5-9-12(11)22-10-6-2-1-3-7-10/h1-9,13H. The van der Waals surface area contributed by atoms with Crippen LogP contribution in [-0.2, 0) is 5.67 Å². The first-order chi connectivity index (χ1) is 10.3. The molecule has 2 aromatic carbocycles. The number of alkyl halides is 6. The second-order valence-electron chi connectivity index (χ2n) is 4.42. The molecular formula is C15H10F6O. The minimum Gasteiger partial charge on any atom is -0.457 e. The summed E-state index contributed by atoms with van der Waals surface area (Å²) >= 11 is 0. The molecule has 0 aromatic heterocycles. The number of halogens is 6. The molecule has 22 heavy (non-hydrogen) atoms. The summed E-state index contributed by atoms with van der Waals surface area (Å²) < 4.78 is 83.5. The van der Waals surface area contributed by atoms with Gasteiger partial charge in [0.2, 0.25) is 0 Å². The van der Waals surface area contributed by atoms with Gasteiger partial charge in [0.05, 0.1) is 0 Å². The monoisotopic (exact) mass is 320 g/mol. The van der Waals surface area contributed by atoms with E-state index in [9.17, 15) is 26.3 Å². The van der Waals surface area contributed by atoms with E-state index in [-0.39, 0.29) is 5.75 Å². The van der Waals surface area contributed by atoms with E-state index in [1.54, 1.807) is 6.07 Å². The molecular weight excluding hydrogens is 310 g/mol. The van der Waals surface area contributed by atoms with Crippen LogP contribution in [-0.4, -0.2) is 12.6 Å². The molecule has 0 amide bonds. The number of para-hydroxylation sites is 2. The van der Waals surface area contributed by atoms with Crippen LogP contribution in [0.2, 0.25) is 0 Å². The Morgan fingerprint density at radius 3 is 1.86 bits per heavy atom. The van der Waals surface area contributed by atoms with Gasteiger partial charge in [-0.15, -0.1) is 0 Å². The summed E-state index contributed by atoms with van der Waals surface area (Å²) in [6.07, 6.45) is -10.1. The van der Waals surface area contributed by atoms with E-state index >= 15 is 0 Å². The number of rotatable bonds is 4. The molecule has 0 aliphatic carbocycles. The average molecular weight is 320 g/mol. The Labute approximate surface area is 122 Å². The molecule has 0 fully saturated rings. The van der Waals surface area contributed by atoms with E-state index in [0.29, 0.717) is 6.07 Å². The largest absolute Gasteiger partial charge is 0.457 e. The third-order valence-electron chi connectivity index (χ3n) is 2.96. The van der Waals surface area contributed by atoms with Gasteiger partial charge in [0.25, 0.3) is 12.1 Å². The van der Waals surface area contributed by atoms with Gasteiger partial charge in [-0.25, -0.2) is 13.2 Å². The van der Waals surface area contributed by atoms with E-state index in [4.69, 9.17) is 4.74 Å². The second kappa shape index (κ2) is 5.90. The third kappa shape index (κ3) is 2.88. The molecule has 7 heteroatoms. The molecule has 0 saturated carbocycles. The second-order valence-corrected chi connectivity index (χ2v) is 4.42. The molecule has 1 unspecified atom stereocenters. The van der Waals surface area contributed by atoms with E-state index in [2.05, 4.69) is 0 Å². The molecule has 0 spiro atoms. The maximum atomic E-state index is 14.2. The molecule has 0 N–H and O–H groups in total. The van der Waals surface area contributed by atoms with Crippen LogP contribution in [0.4, 0.5) is 26.3 Å². The number of ether oxygens (including phenoxy) is 1. The first kappa shape index (κ1) is 16.2. The van der Waals surface area contributed by atoms with Crippen molar-refractivity contribution in [3.05, 3.63) is 60.2 Å². The van der Waals surface area contributed by atoms with Crippen molar-refractivity contribution in [3.63, 3.8) is 0 Å². The van der Waals surface area contributed by atoms with Gasteiger partial charge in [0.1, 0.15) is 11.5 Å². The maximum Gasteiger partial charge on any atom is 0.432 e. The lowest BCUT2D eigenvalue weighted by Crippen LogP contribution is -2.44. The maximum absolute atomic E-state index is 14.2. The Kier molecular flexibility index (Phi) is 4.35. The minimum atomic E-state index is -5.78. The number of hydrogen-bond acceptors (Lipinski definition) is 1. The van der Waals surface area contributed by atoms with Crippen LogP contribution in [0.25, 0.3) is 0 Å². The lowest BCUT2D eigenvalue weighted by atomic mass is 9.94. The van der Waals surface area contributed by atoms with Gasteiger partial charge in [-0.2, -0.15) is 13.2 Å². The van der Waals surface area contributed by atoms with Gasteiger partial charge in [-0.1, -0.05) is 36.4 Å². The quantitative estimate of drug-likeness (QED) is 0.679. The molecule has 2 aromatic rings. The highest BCUT2D eigenvalue weighted by Crippen LogP contribution is 2.50. The Morgan fingerprint density at radius 2 is 1.32 bits per heavy atom. The molecule has 1 nitrogen and oxygen atoms in total. The van der Waals surface area contributed by atoms with Crippen LogP contribution < -0.4 is 4.74 Å². The van der Waals surface area contributed by atoms with Gasteiger partial charge in [0, 0.05) is 5.56 Å². The zero-order valence-corrected chi connectivity index (χ0v) is 10.9. The first-order valence-corrected chi connectivity index (χ1v) is 6.13. The van der Waals surface area contributed by atoms with Crippen molar-refractivity contribution in [1.29, 1.82) is 0 Å². The first-order valence-electron chi connectivity index (χ1n) is 6.13. The fraction of sp³-hybridized carbons (Fsp3) is 0.200. The van der Waals surface area contributed by atoms with E-state index < -0.39 is 29.6 Å². The van der Waals surface area contributed by atoms with Gasteiger partial charge in [-0.3, -0.25) is 0 Å². The molecule has 0 aliphatic heterocycles. The van der Waals surface area contributed by atoms with Crippen molar-refractivity contribution in [2.45, 2.75) is 18.3 Å². The van der Waals surface area contributed by atoms with Crippen LogP contribution in [0.3, 0.4) is 0 Å². The topological polar surface area (TPSA) is 9.23 Å². The fourth-order valence-electron chi connectivity index (χ4n) is 1.87. The fourth-order valence-corrected chi connectivity index (χ4v) is 1.87. The predicted octanol–water partition coefficient (Wildman–Crippen LogP) is 5.47. The van der Waals surface area contributed by atoms with Crippen molar-refractivity contribution >= 4 is 0 Å². The molecule has 0 saturated heterocycles. The zero-order chi connectivity index (χ0) is 16.4. The highest BCUT2D eigenvalue weighted by atomic mass is 19.4. The smallest absolute Gasteiger partial charge is 0.432 e. The number of benzene rings is 2. The van der Waals surface area contributed by atoms with Gasteiger partial charge >= 0.3 is 6.18 Å². The van der Waals surface area contributed by atoms with E-state index in [1.165, 1.54) is 30.3 Å². The van der Waals surface area contributed by atoms with Crippen LogP contribution >= 0.6 is 0 Å². The van der Waals surface area contributed by atoms with E-state index in [0.717, 1.165) is 12.1 Å². The summed E-state index contributed by atoms with van der Waals surface area (Å²) in [7, 11) is 0. The third-order valence-corrected chi connectivity index (χ3v) is 2.96. The van der Waals surface area contributed by atoms with Crippen molar-refractivity contribution in [2.24, 2.45) is 0 Å². The molecule has 0 radical (unpaired) electrons. The predicted molar refractivity (Wildman–Crippen MR) is 67.8 cm³/mol. The van der Waals surface area contributed by atoms with Crippen LogP contribution in [0, 0.1) is 0 Å². The van der Waals surface area contributed by atoms with Crippen molar-refractivity contribution < 1.29 is 31.1 Å². The average Bonchev–Trinajstić information content (AvgIpc) is 2.46. The summed E-state index contributed by atoms with van der Waals surface area (Å²) in [4.78, 5) is 0. The van der Waals surface area contributed by atoms with Crippen LogP contribution in [0.1, 0.15) is 5.56 Å². The van der Waals surface area contributed by atoms with Gasteiger partial charge in [-0.05, 0) is 18.2 Å². The van der Waals surface area contributed by atoms with Crippen molar-refractivity contribution in [3.8, 4) is 11.5 Å². The van der Waals surface area contributed by atoms with Gasteiger partial charge < -0.3 is 4.74 Å². The van der Waals surface area contributed by atoms with Crippen LogP contribution in [0.15, 0.2) is 54.6 Å². The zero-order valence-electron chi connectivity index (χ0n) is 10.9. The highest BCUT2D eigenvalue weighted by Gasteiger charge is 2.65. The number of hydrogen-bond donors (Lipinski definition) is 0. The Hall–Kier alpha value is -2.18. The molecule has 0 bridgehead atoms. The molecule has 2 rings (SSSR count). The Bertz CT molecular complexity index is 625. The summed E-state index contributed by atoms with van der Waals surface area (Å²) in [5.74, 6) is -0.512. The van der Waals surface area contributed by atoms with E-state index in [1.807, 2.05) is 0 Å². The lowest BCUT2D eigenvalue weighted by Gasteiger charge is -2.28. The molecule has 0 aliphatic rings. The van der Waals surface area contributed by atoms with Crippen molar-refractivity contribution in [1.82, 2.24) is 0 Å². The Balaban J connectivity index is 2.52. The lowest BCUT2D eigenvalue weighted by molar-refractivity contribution is -0.274. The summed E-state index contributed by atoms with van der Waals surface area (Å²) in [6, 6.07) is 11.5. The molecule has 0 heterocycles. The Morgan fingerprint density at radius 1 is 0.773 bits per heavy atom. The van der Waals surface area contributed by atoms with Crippen molar-refractivity contribution in [2.75, 3.05) is 0 Å². The van der Waals surface area contributed by atoms with Crippen LogP contribution in [0.5, 0.6) is 11.5 Å². The highest BCUT2D eigenvalue weighted by molar-refractivity contribution is 5.42. The summed E-state index contributed by atoms with van der Waals surface area (Å²) in [5.41, 5.74) is -6.07. The summed E-state index contributed by atoms with van der Waals surface area (Å²) in [5, 5.41) is 0. The SMILES string of the molecule is FC(F)C(F)(c1ccccc1Oc1ccccc1)C(F)(F)F.